The van der Waals surface area contributed by atoms with Crippen molar-refractivity contribution in [3.05, 3.63) is 0 Å². The zero-order valence-electron chi connectivity index (χ0n) is 36.0. The smallest absolute Gasteiger partial charge is 0.480 e. The molecule has 0 aromatic heterocycles. The Labute approximate surface area is 345 Å². The van der Waals surface area contributed by atoms with Crippen LogP contribution in [0.25, 0.3) is 0 Å². The third-order valence-electron chi connectivity index (χ3n) is 10.1. The molecule has 338 valence electrons. The average Bonchev–Trinajstić information content (AvgIpc) is 3.12. The van der Waals surface area contributed by atoms with Gasteiger partial charge in [-0.2, -0.15) is 0 Å². The number of nitrogens with zero attached hydrogens (tertiary/aromatic N) is 4. The summed E-state index contributed by atoms with van der Waals surface area (Å²) in [4.78, 5) is 39.0. The van der Waals surface area contributed by atoms with Crippen LogP contribution in [0.5, 0.6) is 0 Å². The molecule has 57 heavy (non-hydrogen) atoms. The Hall–Kier alpha value is -1.77. The number of hydrogen-bond donors (Lipinski definition) is 6. The van der Waals surface area contributed by atoms with Gasteiger partial charge in [-0.15, -0.1) is 0 Å². The first-order chi connectivity index (χ1) is 27.3. The van der Waals surface area contributed by atoms with E-state index in [1.165, 1.54) is 89.9 Å². The van der Waals surface area contributed by atoms with Crippen LogP contribution in [-0.4, -0.2) is 202 Å². The number of rotatable bonds is 44. The number of carboxylic acids is 3. The van der Waals surface area contributed by atoms with Crippen LogP contribution in [-0.2, 0) is 27.7 Å². The van der Waals surface area contributed by atoms with Crippen LogP contribution in [0.4, 0.5) is 0 Å². The summed E-state index contributed by atoms with van der Waals surface area (Å²) in [6.45, 7) is 3.58. The second kappa shape index (κ2) is 36.1. The first-order valence-corrected chi connectivity index (χ1v) is 23.6. The van der Waals surface area contributed by atoms with Gasteiger partial charge in [-0.05, 0) is 12.8 Å². The Bertz CT molecular complexity index is 921. The van der Waals surface area contributed by atoms with Crippen LogP contribution in [0.3, 0.4) is 0 Å². The van der Waals surface area contributed by atoms with Crippen molar-refractivity contribution in [2.45, 2.75) is 116 Å². The highest BCUT2D eigenvalue weighted by molar-refractivity contribution is 6.60. The molecule has 0 saturated heterocycles. The molecule has 0 bridgehead atoms. The third kappa shape index (κ3) is 33.7. The fourth-order valence-corrected chi connectivity index (χ4v) is 9.37. The van der Waals surface area contributed by atoms with Crippen LogP contribution in [0.1, 0.15) is 110 Å². The van der Waals surface area contributed by atoms with Crippen molar-refractivity contribution in [1.29, 1.82) is 0 Å². The number of hydrogen-bond acceptors (Lipinski definition) is 12. The van der Waals surface area contributed by atoms with Gasteiger partial charge in [0.1, 0.15) is 0 Å². The molecule has 6 N–H and O–H groups in total. The minimum atomic E-state index is -3.58. The van der Waals surface area contributed by atoms with Gasteiger partial charge in [0.2, 0.25) is 0 Å². The Morgan fingerprint density at radius 1 is 0.474 bits per heavy atom. The molecule has 16 nitrogen and oxygen atoms in total. The van der Waals surface area contributed by atoms with E-state index in [2.05, 4.69) is 21.0 Å². The molecule has 0 radical (unpaired) electrons. The molecule has 0 aliphatic heterocycles. The molecular weight excluding hydrogens is 757 g/mol. The minimum absolute atomic E-state index is 0.0435. The molecule has 0 heterocycles. The minimum Gasteiger partial charge on any atom is -0.480 e. The zero-order chi connectivity index (χ0) is 42.6. The summed E-state index contributed by atoms with van der Waals surface area (Å²) in [5.41, 5.74) is 0. The summed E-state index contributed by atoms with van der Waals surface area (Å²) >= 11 is 0. The first-order valence-electron chi connectivity index (χ1n) is 21.7. The summed E-state index contributed by atoms with van der Waals surface area (Å²) < 4.78 is 20.1. The number of quaternary nitrogens is 1. The van der Waals surface area contributed by atoms with Crippen molar-refractivity contribution >= 4 is 26.7 Å². The Morgan fingerprint density at radius 3 is 1.07 bits per heavy atom. The maximum absolute atomic E-state index is 11.4. The number of unbranched alkanes of at least 4 members (excludes halogenated alkanes) is 14. The van der Waals surface area contributed by atoms with Gasteiger partial charge >= 0.3 is 26.7 Å². The summed E-state index contributed by atoms with van der Waals surface area (Å²) in [5.74, 6) is -3.13. The molecule has 0 aromatic rings. The highest BCUT2D eigenvalue weighted by Crippen LogP contribution is 2.21. The van der Waals surface area contributed by atoms with Gasteiger partial charge in [-0.3, -0.25) is 29.1 Å². The maximum atomic E-state index is 11.4. The van der Waals surface area contributed by atoms with Crippen molar-refractivity contribution < 1.29 is 62.8 Å². The molecule has 0 amide bonds. The van der Waals surface area contributed by atoms with Crippen molar-refractivity contribution in [2.24, 2.45) is 0 Å². The lowest BCUT2D eigenvalue weighted by Crippen LogP contribution is -2.51. The molecule has 0 unspecified atom stereocenters. The lowest BCUT2D eigenvalue weighted by atomic mass is 10.0. The second-order valence-electron chi connectivity index (χ2n) is 15.8. The van der Waals surface area contributed by atoms with Gasteiger partial charge in [-0.1, -0.05) is 90.4 Å². The van der Waals surface area contributed by atoms with E-state index < -0.39 is 26.7 Å². The largest absolute Gasteiger partial charge is 0.501 e. The lowest BCUT2D eigenvalue weighted by Gasteiger charge is -2.34. The van der Waals surface area contributed by atoms with E-state index >= 15 is 0 Å². The van der Waals surface area contributed by atoms with Crippen LogP contribution in [0.2, 0.25) is 6.04 Å². The monoisotopic (exact) mass is 840 g/mol. The molecule has 0 aliphatic carbocycles. The van der Waals surface area contributed by atoms with Crippen molar-refractivity contribution in [3.8, 4) is 0 Å². The number of aliphatic hydroxyl groups is 3. The van der Waals surface area contributed by atoms with Gasteiger partial charge < -0.3 is 48.4 Å². The molecule has 0 atom stereocenters. The van der Waals surface area contributed by atoms with Crippen molar-refractivity contribution in [1.82, 2.24) is 14.7 Å². The standard InChI is InChI=1S/C40H82N4O12Si/c1-4-5-6-7-8-9-10-11-12-13-14-15-16-17-18-26-44(2,3)27-19-34-57(54-31-23-41(20-28-45)35-38(48)49,55-32-24-42(21-29-46)36-39(50)51)56-33-25-43(22-30-47)37-40(52)53/h45-47H,4-37H2,1-3H3,(H2-,48,49,50,51,52,53)/p+1. The van der Waals surface area contributed by atoms with E-state index in [0.29, 0.717) is 12.5 Å². The SMILES string of the molecule is CCCCCCCCCCCCCCCCC[N+](C)(C)CCC[Si](OCCN(CCO)CC(=O)O)(OCCN(CCO)CC(=O)O)OCCN(CCO)CC(=O)O. The van der Waals surface area contributed by atoms with E-state index in [-0.39, 0.29) is 98.5 Å². The summed E-state index contributed by atoms with van der Waals surface area (Å²) in [7, 11) is 0.821. The number of carbonyl (C=O) groups is 3. The summed E-state index contributed by atoms with van der Waals surface area (Å²) in [6.07, 6.45) is 20.4. The lowest BCUT2D eigenvalue weighted by molar-refractivity contribution is -0.890. The van der Waals surface area contributed by atoms with Crippen molar-refractivity contribution in [2.75, 3.05) is 126 Å². The van der Waals surface area contributed by atoms with Gasteiger partial charge in [0.15, 0.2) is 0 Å². The van der Waals surface area contributed by atoms with Crippen LogP contribution < -0.4 is 0 Å². The average molecular weight is 840 g/mol. The normalized spacial score (nSPS) is 12.4. The van der Waals surface area contributed by atoms with Crippen LogP contribution >= 0.6 is 0 Å². The molecule has 0 aliphatic rings. The summed E-state index contributed by atoms with van der Waals surface area (Å²) in [6, 6.07) is 0.407. The Morgan fingerprint density at radius 2 is 0.772 bits per heavy atom. The molecular formula is C40H83N4O12Si+. The highest BCUT2D eigenvalue weighted by Gasteiger charge is 2.42. The van der Waals surface area contributed by atoms with E-state index in [1.54, 1.807) is 14.7 Å². The summed E-state index contributed by atoms with van der Waals surface area (Å²) in [5, 5.41) is 56.5. The van der Waals surface area contributed by atoms with Gasteiger partial charge in [0.05, 0.1) is 86.5 Å². The molecule has 17 heteroatoms. The molecule has 0 spiro atoms. The van der Waals surface area contributed by atoms with Crippen LogP contribution in [0, 0.1) is 0 Å². The topological polar surface area (TPSA) is 210 Å². The van der Waals surface area contributed by atoms with Gasteiger partial charge in [0.25, 0.3) is 0 Å². The Balaban J connectivity index is 5.45. The first kappa shape index (κ1) is 55.2. The van der Waals surface area contributed by atoms with Crippen molar-refractivity contribution in [3.63, 3.8) is 0 Å². The predicted molar refractivity (Wildman–Crippen MR) is 223 cm³/mol. The number of carboxylic acid groups (broad SMARTS) is 3. The van der Waals surface area contributed by atoms with E-state index in [9.17, 15) is 45.0 Å². The quantitative estimate of drug-likeness (QED) is 0.0295. The molecule has 0 saturated carbocycles. The van der Waals surface area contributed by atoms with Gasteiger partial charge in [-0.25, -0.2) is 0 Å². The second-order valence-corrected chi connectivity index (χ2v) is 18.6. The zero-order valence-corrected chi connectivity index (χ0v) is 37.0. The molecule has 0 aromatic carbocycles. The van der Waals surface area contributed by atoms with E-state index in [4.69, 9.17) is 13.3 Å². The predicted octanol–water partition coefficient (Wildman–Crippen LogP) is 3.45. The van der Waals surface area contributed by atoms with E-state index in [1.807, 2.05) is 0 Å². The van der Waals surface area contributed by atoms with E-state index in [0.717, 1.165) is 24.0 Å². The highest BCUT2D eigenvalue weighted by atomic mass is 28.4. The number of aliphatic carboxylic acids is 3. The molecule has 0 fully saturated rings. The number of aliphatic hydroxyl groups excluding tert-OH is 3. The fraction of sp³-hybridized carbons (Fsp3) is 0.925. The fourth-order valence-electron chi connectivity index (χ4n) is 6.89. The maximum Gasteiger partial charge on any atom is 0.501 e. The van der Waals surface area contributed by atoms with Gasteiger partial charge in [0, 0.05) is 51.7 Å². The molecule has 0 rings (SSSR count). The Kier molecular flexibility index (Phi) is 35.0. The third-order valence-corrected chi connectivity index (χ3v) is 13.0. The van der Waals surface area contributed by atoms with Crippen LogP contribution in [0.15, 0.2) is 0 Å².